The molecular formula is C17H16F3N4OS+. The molecule has 3 rings (SSSR count). The molecular weight excluding hydrogens is 365 g/mol. The zero-order chi connectivity index (χ0) is 18.9. The van der Waals surface area contributed by atoms with Gasteiger partial charge in [-0.2, -0.15) is 13.2 Å². The number of alkyl halides is 3. The minimum atomic E-state index is -4.77. The van der Waals surface area contributed by atoms with E-state index in [-0.39, 0.29) is 5.01 Å². The van der Waals surface area contributed by atoms with Crippen molar-refractivity contribution in [2.24, 2.45) is 0 Å². The van der Waals surface area contributed by atoms with Gasteiger partial charge in [0.05, 0.1) is 0 Å². The Kier molecular flexibility index (Phi) is 4.68. The fraction of sp³-hybridized carbons (Fsp3) is 0.235. The molecule has 0 fully saturated rings. The van der Waals surface area contributed by atoms with Gasteiger partial charge in [0.25, 0.3) is 10.6 Å². The zero-order valence-corrected chi connectivity index (χ0v) is 14.7. The standard InChI is InChI=1S/C17H15F3N4OS/c1-10-6-11(8-12(7-10)24-15-21-4-3-5-22-15)13-9-23-14(26-13)16(2,25)17(18,19)20/h3-9,25H,1-2H3,(H,21,22,24)/p+1. The van der Waals surface area contributed by atoms with E-state index in [2.05, 4.69) is 20.3 Å². The van der Waals surface area contributed by atoms with Crippen molar-refractivity contribution in [2.45, 2.75) is 25.6 Å². The quantitative estimate of drug-likeness (QED) is 0.720. The van der Waals surface area contributed by atoms with Crippen LogP contribution in [-0.4, -0.2) is 21.3 Å². The van der Waals surface area contributed by atoms with Crippen LogP contribution in [0, 0.1) is 6.92 Å². The van der Waals surface area contributed by atoms with E-state index in [9.17, 15) is 18.3 Å². The van der Waals surface area contributed by atoms with Crippen molar-refractivity contribution in [1.29, 1.82) is 0 Å². The number of hydrogen-bond acceptors (Lipinski definition) is 5. The van der Waals surface area contributed by atoms with E-state index in [0.717, 1.165) is 23.8 Å². The molecule has 1 atom stereocenters. The molecule has 1 unspecified atom stereocenters. The summed E-state index contributed by atoms with van der Waals surface area (Å²) in [6.45, 7) is 2.61. The van der Waals surface area contributed by atoms with Crippen LogP contribution in [0.1, 0.15) is 17.5 Å². The number of aromatic nitrogens is 3. The summed E-state index contributed by atoms with van der Waals surface area (Å²) in [7, 11) is 0. The summed E-state index contributed by atoms with van der Waals surface area (Å²) >= 11 is 0.859. The molecule has 0 saturated heterocycles. The molecule has 0 radical (unpaired) electrons. The molecule has 3 aromatic rings. The van der Waals surface area contributed by atoms with Crippen molar-refractivity contribution in [3.63, 3.8) is 0 Å². The first-order valence-electron chi connectivity index (χ1n) is 7.64. The number of aliphatic hydroxyl groups is 1. The average Bonchev–Trinajstić information content (AvgIpc) is 3.05. The lowest BCUT2D eigenvalue weighted by Crippen LogP contribution is -2.41. The predicted molar refractivity (Wildman–Crippen MR) is 92.0 cm³/mol. The number of thiazole rings is 1. The predicted octanol–water partition coefficient (Wildman–Crippen LogP) is 3.84. The molecule has 2 heterocycles. The minimum absolute atomic E-state index is 0.276. The van der Waals surface area contributed by atoms with E-state index in [1.54, 1.807) is 24.5 Å². The van der Waals surface area contributed by atoms with E-state index in [4.69, 9.17) is 0 Å². The second kappa shape index (κ2) is 6.65. The van der Waals surface area contributed by atoms with Crippen molar-refractivity contribution in [3.05, 3.63) is 53.4 Å². The van der Waals surface area contributed by atoms with Crippen molar-refractivity contribution >= 4 is 23.0 Å². The van der Waals surface area contributed by atoms with Crippen LogP contribution in [0.15, 0.2) is 42.9 Å². The number of nitrogens with zero attached hydrogens (tertiary/aromatic N) is 2. The van der Waals surface area contributed by atoms with E-state index in [1.807, 2.05) is 19.1 Å². The monoisotopic (exact) mass is 381 g/mol. The third kappa shape index (κ3) is 3.68. The molecule has 0 amide bonds. The first kappa shape index (κ1) is 18.3. The summed E-state index contributed by atoms with van der Waals surface area (Å²) in [4.78, 5) is 11.3. The second-order valence-corrected chi connectivity index (χ2v) is 6.99. The van der Waals surface area contributed by atoms with E-state index >= 15 is 0 Å². The van der Waals surface area contributed by atoms with Gasteiger partial charge in [-0.25, -0.2) is 15.0 Å². The molecule has 2 aromatic heterocycles. The lowest BCUT2D eigenvalue weighted by Gasteiger charge is -2.20. The molecule has 1 aromatic carbocycles. The van der Waals surface area contributed by atoms with Gasteiger partial charge < -0.3 is 10.4 Å². The van der Waals surface area contributed by atoms with Crippen LogP contribution in [0.3, 0.4) is 0 Å². The van der Waals surface area contributed by atoms with Crippen LogP contribution >= 0.6 is 11.3 Å². The molecule has 9 heteroatoms. The van der Waals surface area contributed by atoms with Crippen LogP contribution in [0.25, 0.3) is 10.4 Å². The highest BCUT2D eigenvalue weighted by Gasteiger charge is 2.56. The normalized spacial score (nSPS) is 14.1. The molecule has 0 bridgehead atoms. The Bertz CT molecular complexity index is 910. The number of aromatic amines is 1. The molecule has 0 aliphatic carbocycles. The summed E-state index contributed by atoms with van der Waals surface area (Å²) in [5.41, 5.74) is -0.588. The maximum Gasteiger partial charge on any atom is 0.428 e. The molecule has 26 heavy (non-hydrogen) atoms. The summed E-state index contributed by atoms with van der Waals surface area (Å²) < 4.78 is 39.0. The molecule has 0 aliphatic rings. The minimum Gasteiger partial charge on any atom is -0.371 e. The highest BCUT2D eigenvalue weighted by Crippen LogP contribution is 2.40. The Morgan fingerprint density at radius 2 is 1.85 bits per heavy atom. The van der Waals surface area contributed by atoms with Gasteiger partial charge in [-0.15, -0.1) is 0 Å². The van der Waals surface area contributed by atoms with Gasteiger partial charge in [-0.05, 0) is 37.6 Å². The molecule has 136 valence electrons. The van der Waals surface area contributed by atoms with Crippen LogP contribution in [0.2, 0.25) is 0 Å². The highest BCUT2D eigenvalue weighted by molar-refractivity contribution is 7.14. The molecule has 3 N–H and O–H groups in total. The molecule has 0 spiro atoms. The van der Waals surface area contributed by atoms with Crippen LogP contribution in [0.5, 0.6) is 0 Å². The van der Waals surface area contributed by atoms with Crippen molar-refractivity contribution in [3.8, 4) is 10.4 Å². The number of nitrogens with one attached hydrogen (secondary N) is 2. The number of halogens is 3. The summed E-state index contributed by atoms with van der Waals surface area (Å²) in [5.74, 6) is 0.419. The third-order valence-electron chi connectivity index (χ3n) is 3.72. The fourth-order valence-electron chi connectivity index (χ4n) is 2.30. The van der Waals surface area contributed by atoms with Crippen LogP contribution in [-0.2, 0) is 5.60 Å². The lowest BCUT2D eigenvalue weighted by molar-refractivity contribution is -0.417. The summed E-state index contributed by atoms with van der Waals surface area (Å²) in [5, 5.41) is 12.6. The maximum atomic E-state index is 13.0. The average molecular weight is 381 g/mol. The number of rotatable bonds is 4. The Balaban J connectivity index is 1.93. The van der Waals surface area contributed by atoms with Gasteiger partial charge in [0, 0.05) is 23.6 Å². The van der Waals surface area contributed by atoms with Gasteiger partial charge in [0.1, 0.15) is 4.88 Å². The third-order valence-corrected chi connectivity index (χ3v) is 5.02. The van der Waals surface area contributed by atoms with Gasteiger partial charge in [0.2, 0.25) is 5.95 Å². The zero-order valence-electron chi connectivity index (χ0n) is 13.9. The van der Waals surface area contributed by atoms with Crippen LogP contribution < -0.4 is 10.3 Å². The molecule has 5 nitrogen and oxygen atoms in total. The summed E-state index contributed by atoms with van der Waals surface area (Å²) in [6.07, 6.45) is -0.106. The number of benzene rings is 1. The van der Waals surface area contributed by atoms with E-state index in [0.29, 0.717) is 22.1 Å². The van der Waals surface area contributed by atoms with E-state index < -0.39 is 11.8 Å². The largest absolute Gasteiger partial charge is 0.428 e. The molecule has 0 aliphatic heterocycles. The lowest BCUT2D eigenvalue weighted by atomic mass is 10.1. The number of aryl methyl sites for hydroxylation is 1. The Morgan fingerprint density at radius 3 is 2.50 bits per heavy atom. The Hall–Kier alpha value is -2.52. The number of hydrogen-bond donors (Lipinski definition) is 2. The molecule has 0 saturated carbocycles. The topological polar surface area (TPSA) is 72.2 Å². The van der Waals surface area contributed by atoms with E-state index in [1.165, 1.54) is 6.20 Å². The second-order valence-electron chi connectivity index (χ2n) is 5.94. The van der Waals surface area contributed by atoms with Gasteiger partial charge >= 0.3 is 6.18 Å². The van der Waals surface area contributed by atoms with Gasteiger partial charge in [0.15, 0.2) is 6.20 Å². The van der Waals surface area contributed by atoms with Gasteiger partial charge in [-0.1, -0.05) is 17.4 Å². The highest BCUT2D eigenvalue weighted by atomic mass is 32.1. The van der Waals surface area contributed by atoms with Gasteiger partial charge in [-0.3, -0.25) is 0 Å². The number of anilines is 2. The first-order chi connectivity index (χ1) is 12.2. The number of H-pyrrole nitrogens is 1. The first-order valence-corrected chi connectivity index (χ1v) is 8.45. The van der Waals surface area contributed by atoms with Crippen molar-refractivity contribution in [2.75, 3.05) is 5.32 Å². The Labute approximate surface area is 151 Å². The smallest absolute Gasteiger partial charge is 0.371 e. The fourth-order valence-corrected chi connectivity index (χ4v) is 3.31. The van der Waals surface area contributed by atoms with Crippen molar-refractivity contribution < 1.29 is 23.3 Å². The Morgan fingerprint density at radius 1 is 1.15 bits per heavy atom. The van der Waals surface area contributed by atoms with Crippen LogP contribution in [0.4, 0.5) is 24.8 Å². The van der Waals surface area contributed by atoms with Crippen molar-refractivity contribution in [1.82, 2.24) is 9.97 Å². The maximum absolute atomic E-state index is 13.0. The SMILES string of the molecule is Cc1cc(Nc2ncccn2)cc(-c2c[nH+]c(C(C)(O)C(F)(F)F)s2)c1. The summed E-state index contributed by atoms with van der Waals surface area (Å²) in [6, 6.07) is 7.21.